The number of carbonyl (C=O) groups excluding carboxylic acids is 2. The summed E-state index contributed by atoms with van der Waals surface area (Å²) < 4.78 is 4.97. The molecule has 0 aliphatic carbocycles. The molecule has 2 aromatic rings. The number of methoxy groups -OCH3 is 1. The van der Waals surface area contributed by atoms with Gasteiger partial charge >= 0.3 is 12.0 Å². The second kappa shape index (κ2) is 17.9. The molecular weight excluding hydrogens is 488 g/mol. The number of benzene rings is 2. The summed E-state index contributed by atoms with van der Waals surface area (Å²) in [6, 6.07) is 14.1. The molecule has 3 amide bonds. The maximum absolute atomic E-state index is 12.9. The number of hydrogen-bond acceptors (Lipinski definition) is 7. The van der Waals surface area contributed by atoms with E-state index in [9.17, 15) is 14.4 Å². The first-order chi connectivity index (χ1) is 18.4. The van der Waals surface area contributed by atoms with E-state index in [4.69, 9.17) is 9.84 Å². The molecule has 0 fully saturated rings. The number of carboxylic acid groups (broad SMARTS) is 1. The number of nitrogens with one attached hydrogen (secondary N) is 6. The smallest absolute Gasteiger partial charge is 0.323 e. The van der Waals surface area contributed by atoms with E-state index >= 15 is 0 Å². The summed E-state index contributed by atoms with van der Waals surface area (Å²) in [6.45, 7) is 4.20. The molecule has 208 valence electrons. The minimum Gasteiger partial charge on any atom is -0.481 e. The van der Waals surface area contributed by atoms with Crippen LogP contribution in [-0.4, -0.2) is 62.7 Å². The van der Waals surface area contributed by atoms with Gasteiger partial charge in [0.15, 0.2) is 0 Å². The Kier molecular flexibility index (Phi) is 14.4. The molecule has 0 spiro atoms. The number of unbranched alkanes of at least 4 members (excludes halogenated alkanes) is 1. The Labute approximate surface area is 224 Å². The summed E-state index contributed by atoms with van der Waals surface area (Å²) in [4.78, 5) is 35.8. The fourth-order valence-electron chi connectivity index (χ4n) is 3.59. The molecule has 11 heteroatoms. The van der Waals surface area contributed by atoms with Crippen molar-refractivity contribution < 1.29 is 24.2 Å². The fourth-order valence-corrected chi connectivity index (χ4v) is 3.59. The lowest BCUT2D eigenvalue weighted by Gasteiger charge is -2.19. The number of carbonyl (C=O) groups is 3. The third kappa shape index (κ3) is 12.6. The molecule has 7 N–H and O–H groups in total. The van der Waals surface area contributed by atoms with E-state index in [-0.39, 0.29) is 18.4 Å². The Morgan fingerprint density at radius 2 is 1.71 bits per heavy atom. The van der Waals surface area contributed by atoms with Crippen LogP contribution >= 0.6 is 0 Å². The van der Waals surface area contributed by atoms with Gasteiger partial charge in [0, 0.05) is 38.2 Å². The number of amides is 3. The van der Waals surface area contributed by atoms with Crippen molar-refractivity contribution in [1.82, 2.24) is 21.3 Å². The van der Waals surface area contributed by atoms with Gasteiger partial charge in [-0.3, -0.25) is 20.2 Å². The van der Waals surface area contributed by atoms with Crippen molar-refractivity contribution in [2.75, 3.05) is 44.2 Å². The van der Waals surface area contributed by atoms with Crippen LogP contribution in [0.2, 0.25) is 0 Å². The summed E-state index contributed by atoms with van der Waals surface area (Å²) in [7, 11) is 1.63. The topological polar surface area (TPSA) is 153 Å². The molecule has 0 radical (unpaired) electrons. The van der Waals surface area contributed by atoms with Crippen LogP contribution in [-0.2, 0) is 20.9 Å². The third-order valence-corrected chi connectivity index (χ3v) is 5.72. The van der Waals surface area contributed by atoms with Gasteiger partial charge in [0.1, 0.15) is 0 Å². The maximum Gasteiger partial charge on any atom is 0.323 e. The minimum absolute atomic E-state index is 0.0160. The fraction of sp³-hybridized carbons (Fsp3) is 0.444. The number of aryl methyl sites for hydroxylation is 1. The molecule has 2 rings (SSSR count). The largest absolute Gasteiger partial charge is 0.481 e. The SMILES string of the molecule is COCNCCCCC(NCNCCC(=O)O)C(=O)NCc1ccc(NC(=O)Nc2ccccc2C)cc1. The molecule has 0 aliphatic heterocycles. The van der Waals surface area contributed by atoms with Gasteiger partial charge < -0.3 is 31.1 Å². The number of carboxylic acids is 1. The maximum atomic E-state index is 12.9. The zero-order valence-electron chi connectivity index (χ0n) is 22.1. The number of ether oxygens (including phenoxy) is 1. The van der Waals surface area contributed by atoms with E-state index < -0.39 is 12.0 Å². The van der Waals surface area contributed by atoms with Crippen molar-refractivity contribution in [2.24, 2.45) is 0 Å². The first-order valence-corrected chi connectivity index (χ1v) is 12.7. The monoisotopic (exact) mass is 528 g/mol. The zero-order chi connectivity index (χ0) is 27.6. The number of urea groups is 1. The van der Waals surface area contributed by atoms with Crippen LogP contribution in [0.25, 0.3) is 0 Å². The summed E-state index contributed by atoms with van der Waals surface area (Å²) in [5.74, 6) is -1.00. The number of para-hydroxylation sites is 1. The summed E-state index contributed by atoms with van der Waals surface area (Å²) in [6.07, 6.45) is 2.39. The number of anilines is 2. The highest BCUT2D eigenvalue weighted by Gasteiger charge is 2.17. The predicted octanol–water partition coefficient (Wildman–Crippen LogP) is 2.60. The standard InChI is InChI=1S/C27H40N6O5/c1-20-7-3-4-8-23(20)33-27(37)32-22-12-10-21(11-13-22)17-30-26(36)24(9-5-6-15-29-19-38-2)31-18-28-16-14-25(34)35/h3-4,7-8,10-13,24,28-29,31H,5-6,9,14-19H2,1-2H3,(H,30,36)(H,34,35)(H2,32,33,37). The van der Waals surface area contributed by atoms with Gasteiger partial charge in [-0.25, -0.2) is 4.79 Å². The van der Waals surface area contributed by atoms with Crippen LogP contribution in [0.4, 0.5) is 16.2 Å². The number of aliphatic carboxylic acids is 1. The molecule has 0 aromatic heterocycles. The Morgan fingerprint density at radius 1 is 0.947 bits per heavy atom. The lowest BCUT2D eigenvalue weighted by atomic mass is 10.1. The molecule has 1 unspecified atom stereocenters. The average Bonchev–Trinajstić information content (AvgIpc) is 2.89. The normalized spacial score (nSPS) is 11.5. The summed E-state index contributed by atoms with van der Waals surface area (Å²) in [5.41, 5.74) is 3.25. The van der Waals surface area contributed by atoms with Crippen LogP contribution in [0.5, 0.6) is 0 Å². The summed E-state index contributed by atoms with van der Waals surface area (Å²) >= 11 is 0. The Balaban J connectivity index is 1.81. The van der Waals surface area contributed by atoms with Crippen LogP contribution in [0.15, 0.2) is 48.5 Å². The molecule has 0 bridgehead atoms. The van der Waals surface area contributed by atoms with Crippen molar-refractivity contribution in [3.8, 4) is 0 Å². The average molecular weight is 529 g/mol. The lowest BCUT2D eigenvalue weighted by Crippen LogP contribution is -2.47. The molecule has 11 nitrogen and oxygen atoms in total. The van der Waals surface area contributed by atoms with Gasteiger partial charge in [-0.2, -0.15) is 0 Å². The first kappa shape index (κ1) is 30.7. The Bertz CT molecular complexity index is 1000. The quantitative estimate of drug-likeness (QED) is 0.115. The van der Waals surface area contributed by atoms with Gasteiger partial charge in [-0.05, 0) is 55.6 Å². The van der Waals surface area contributed by atoms with Crippen molar-refractivity contribution in [1.29, 1.82) is 0 Å². The molecule has 2 aromatic carbocycles. The van der Waals surface area contributed by atoms with Crippen molar-refractivity contribution in [3.63, 3.8) is 0 Å². The van der Waals surface area contributed by atoms with Gasteiger partial charge in [0.05, 0.1) is 19.2 Å². The molecular formula is C27H40N6O5. The van der Waals surface area contributed by atoms with Crippen molar-refractivity contribution in [3.05, 3.63) is 59.7 Å². The molecule has 0 heterocycles. The molecule has 0 saturated heterocycles. The van der Waals surface area contributed by atoms with Gasteiger partial charge in [0.25, 0.3) is 0 Å². The summed E-state index contributed by atoms with van der Waals surface area (Å²) in [5, 5.41) is 26.7. The second-order valence-electron chi connectivity index (χ2n) is 8.81. The van der Waals surface area contributed by atoms with E-state index in [2.05, 4.69) is 31.9 Å². The van der Waals surface area contributed by atoms with Gasteiger partial charge in [-0.15, -0.1) is 0 Å². The van der Waals surface area contributed by atoms with E-state index in [0.29, 0.717) is 38.6 Å². The van der Waals surface area contributed by atoms with Crippen LogP contribution < -0.4 is 31.9 Å². The Hall–Kier alpha value is -3.51. The van der Waals surface area contributed by atoms with Crippen LogP contribution in [0, 0.1) is 6.92 Å². The van der Waals surface area contributed by atoms with E-state index in [0.717, 1.165) is 36.2 Å². The first-order valence-electron chi connectivity index (χ1n) is 12.7. The van der Waals surface area contributed by atoms with Crippen molar-refractivity contribution >= 4 is 29.3 Å². The highest BCUT2D eigenvalue weighted by Crippen LogP contribution is 2.15. The third-order valence-electron chi connectivity index (χ3n) is 5.72. The number of hydrogen-bond donors (Lipinski definition) is 7. The number of rotatable bonds is 18. The molecule has 1 atom stereocenters. The Morgan fingerprint density at radius 3 is 2.42 bits per heavy atom. The van der Waals surface area contributed by atoms with Crippen molar-refractivity contribution in [2.45, 2.75) is 45.2 Å². The molecule has 0 saturated carbocycles. The lowest BCUT2D eigenvalue weighted by molar-refractivity contribution is -0.137. The highest BCUT2D eigenvalue weighted by molar-refractivity contribution is 6.00. The van der Waals surface area contributed by atoms with Crippen LogP contribution in [0.3, 0.4) is 0 Å². The van der Waals surface area contributed by atoms with E-state index in [1.807, 2.05) is 43.3 Å². The predicted molar refractivity (Wildman–Crippen MR) is 148 cm³/mol. The molecule has 38 heavy (non-hydrogen) atoms. The molecule has 0 aliphatic rings. The van der Waals surface area contributed by atoms with Gasteiger partial charge in [0.2, 0.25) is 5.91 Å². The zero-order valence-corrected chi connectivity index (χ0v) is 22.1. The minimum atomic E-state index is -0.872. The highest BCUT2D eigenvalue weighted by atomic mass is 16.5. The van der Waals surface area contributed by atoms with Crippen LogP contribution in [0.1, 0.15) is 36.8 Å². The van der Waals surface area contributed by atoms with E-state index in [1.165, 1.54) is 0 Å². The van der Waals surface area contributed by atoms with Gasteiger partial charge in [-0.1, -0.05) is 36.8 Å². The van der Waals surface area contributed by atoms with E-state index in [1.54, 1.807) is 19.2 Å². The second-order valence-corrected chi connectivity index (χ2v) is 8.81.